The van der Waals surface area contributed by atoms with Crippen molar-refractivity contribution < 1.29 is 14.3 Å². The number of benzene rings is 2. The standard InChI is InChI=1S/C16H12O3S/c1-2-19-11-7-8-13-15(9-11)20(10-17)14-6-4-3-5-12(14)16(13)18/h3-9H,2H2,1H3. The summed E-state index contributed by atoms with van der Waals surface area (Å²) in [4.78, 5) is 25.3. The minimum absolute atomic E-state index is 0.0438. The summed E-state index contributed by atoms with van der Waals surface area (Å²) in [5, 5.41) is 2.08. The van der Waals surface area contributed by atoms with E-state index in [9.17, 15) is 9.59 Å². The maximum absolute atomic E-state index is 12.5. The molecule has 1 aliphatic rings. The monoisotopic (exact) mass is 284 g/mol. The summed E-state index contributed by atoms with van der Waals surface area (Å²) in [6.45, 7) is 2.44. The number of ketones is 1. The van der Waals surface area contributed by atoms with Gasteiger partial charge in [0.2, 0.25) is 0 Å². The fourth-order valence-corrected chi connectivity index (χ4v) is 3.93. The molecule has 0 saturated carbocycles. The lowest BCUT2D eigenvalue weighted by atomic mass is 10.0. The maximum Gasteiger partial charge on any atom is 0.195 e. The lowest BCUT2D eigenvalue weighted by Gasteiger charge is -2.20. The Morgan fingerprint density at radius 2 is 1.85 bits per heavy atom. The minimum Gasteiger partial charge on any atom is -0.494 e. The van der Waals surface area contributed by atoms with E-state index in [1.54, 1.807) is 24.3 Å². The number of carbonyl (C=O) groups excluding carboxylic acids is 2. The van der Waals surface area contributed by atoms with Crippen molar-refractivity contribution in [2.75, 3.05) is 6.61 Å². The Balaban J connectivity index is 2.26. The molecule has 0 saturated heterocycles. The number of hydrogen-bond donors (Lipinski definition) is 0. The molecular weight excluding hydrogens is 272 g/mol. The Kier molecular flexibility index (Phi) is 3.26. The highest BCUT2D eigenvalue weighted by Crippen LogP contribution is 2.45. The van der Waals surface area contributed by atoms with Gasteiger partial charge in [0.15, 0.2) is 11.0 Å². The molecule has 20 heavy (non-hydrogen) atoms. The molecule has 1 aliphatic heterocycles. The molecule has 0 spiro atoms. The van der Waals surface area contributed by atoms with Crippen LogP contribution < -0.4 is 4.74 Å². The lowest BCUT2D eigenvalue weighted by Crippen LogP contribution is -2.10. The van der Waals surface area contributed by atoms with E-state index < -0.39 is 10.5 Å². The molecule has 0 aliphatic carbocycles. The fraction of sp³-hybridized carbons (Fsp3) is 0.125. The predicted molar refractivity (Wildman–Crippen MR) is 77.3 cm³/mol. The van der Waals surface area contributed by atoms with E-state index in [2.05, 4.69) is 5.23 Å². The van der Waals surface area contributed by atoms with Gasteiger partial charge in [0.1, 0.15) is 5.75 Å². The normalized spacial score (nSPS) is 16.1. The van der Waals surface area contributed by atoms with Crippen LogP contribution in [0, 0.1) is 0 Å². The van der Waals surface area contributed by atoms with Crippen LogP contribution in [0.25, 0.3) is 0 Å². The molecule has 0 aromatic heterocycles. The van der Waals surface area contributed by atoms with Crippen molar-refractivity contribution in [1.82, 2.24) is 0 Å². The lowest BCUT2D eigenvalue weighted by molar-refractivity contribution is 0.103. The first-order valence-corrected chi connectivity index (χ1v) is 7.51. The average Bonchev–Trinajstić information content (AvgIpc) is 2.48. The van der Waals surface area contributed by atoms with Gasteiger partial charge in [-0.1, -0.05) is 12.1 Å². The molecule has 4 heteroatoms. The van der Waals surface area contributed by atoms with Gasteiger partial charge in [-0.05, 0) is 47.7 Å². The first-order chi connectivity index (χ1) is 9.76. The number of rotatable bonds is 2. The first kappa shape index (κ1) is 12.9. The Hall–Kier alpha value is -2.16. The zero-order valence-corrected chi connectivity index (χ0v) is 11.7. The van der Waals surface area contributed by atoms with E-state index in [1.165, 1.54) is 0 Å². The van der Waals surface area contributed by atoms with Crippen LogP contribution in [0.1, 0.15) is 22.8 Å². The summed E-state index contributed by atoms with van der Waals surface area (Å²) in [5.41, 5.74) is 1.16. The smallest absolute Gasteiger partial charge is 0.195 e. The maximum atomic E-state index is 12.5. The first-order valence-electron chi connectivity index (χ1n) is 6.29. The predicted octanol–water partition coefficient (Wildman–Crippen LogP) is 3.38. The Labute approximate surface area is 119 Å². The quantitative estimate of drug-likeness (QED) is 0.677. The Bertz CT molecular complexity index is 758. The summed E-state index contributed by atoms with van der Waals surface area (Å²) in [6.07, 6.45) is 0. The average molecular weight is 284 g/mol. The molecule has 0 radical (unpaired) electrons. The van der Waals surface area contributed by atoms with Crippen LogP contribution in [0.5, 0.6) is 5.75 Å². The van der Waals surface area contributed by atoms with Crippen LogP contribution >= 0.6 is 10.5 Å². The summed E-state index contributed by atoms with van der Waals surface area (Å²) in [5.74, 6) is 0.629. The van der Waals surface area contributed by atoms with Crippen molar-refractivity contribution in [3.63, 3.8) is 0 Å². The van der Waals surface area contributed by atoms with Gasteiger partial charge in [-0.25, -0.2) is 4.79 Å². The van der Waals surface area contributed by atoms with Crippen molar-refractivity contribution >= 4 is 21.5 Å². The molecule has 0 fully saturated rings. The fourth-order valence-electron chi connectivity index (χ4n) is 2.30. The SMILES string of the molecule is CCOc1ccc2c(c1)S(=C=O)c1ccccc1C2=O. The van der Waals surface area contributed by atoms with Gasteiger partial charge in [-0.15, -0.1) is 0 Å². The number of hydrogen-bond acceptors (Lipinski definition) is 3. The van der Waals surface area contributed by atoms with Crippen molar-refractivity contribution in [2.24, 2.45) is 0 Å². The highest BCUT2D eigenvalue weighted by atomic mass is 32.2. The third-order valence-corrected chi connectivity index (χ3v) is 4.90. The van der Waals surface area contributed by atoms with Gasteiger partial charge in [0.05, 0.1) is 6.61 Å². The van der Waals surface area contributed by atoms with Crippen molar-refractivity contribution in [3.05, 3.63) is 53.6 Å². The molecule has 0 N–H and O–H groups in total. The molecule has 2 aromatic rings. The summed E-state index contributed by atoms with van der Waals surface area (Å²) >= 11 is 0. The second-order valence-electron chi connectivity index (χ2n) is 4.31. The van der Waals surface area contributed by atoms with Gasteiger partial charge in [0, 0.05) is 20.9 Å². The van der Waals surface area contributed by atoms with E-state index in [1.807, 2.05) is 25.1 Å². The Morgan fingerprint density at radius 3 is 2.60 bits per heavy atom. The van der Waals surface area contributed by atoms with Crippen LogP contribution in [0.15, 0.2) is 52.3 Å². The highest BCUT2D eigenvalue weighted by Gasteiger charge is 2.27. The summed E-state index contributed by atoms with van der Waals surface area (Å²) < 4.78 is 5.45. The van der Waals surface area contributed by atoms with E-state index in [0.29, 0.717) is 28.4 Å². The summed E-state index contributed by atoms with van der Waals surface area (Å²) in [6, 6.07) is 12.5. The Morgan fingerprint density at radius 1 is 1.10 bits per heavy atom. The van der Waals surface area contributed by atoms with E-state index >= 15 is 0 Å². The molecule has 3 nitrogen and oxygen atoms in total. The molecule has 0 bridgehead atoms. The van der Waals surface area contributed by atoms with E-state index in [4.69, 9.17) is 4.74 Å². The van der Waals surface area contributed by atoms with E-state index in [0.717, 1.165) is 4.90 Å². The zero-order valence-electron chi connectivity index (χ0n) is 10.9. The van der Waals surface area contributed by atoms with Crippen molar-refractivity contribution in [3.8, 4) is 5.75 Å². The summed E-state index contributed by atoms with van der Waals surface area (Å²) in [7, 11) is -0.842. The van der Waals surface area contributed by atoms with Gasteiger partial charge in [-0.3, -0.25) is 4.79 Å². The van der Waals surface area contributed by atoms with Gasteiger partial charge < -0.3 is 4.74 Å². The largest absolute Gasteiger partial charge is 0.494 e. The third-order valence-electron chi connectivity index (χ3n) is 3.16. The molecular formula is C16H12O3S. The van der Waals surface area contributed by atoms with Crippen LogP contribution in [-0.4, -0.2) is 17.6 Å². The highest BCUT2D eigenvalue weighted by molar-refractivity contribution is 8.14. The number of ether oxygens (including phenoxy) is 1. The van der Waals surface area contributed by atoms with Gasteiger partial charge >= 0.3 is 0 Å². The van der Waals surface area contributed by atoms with Crippen molar-refractivity contribution in [2.45, 2.75) is 16.7 Å². The van der Waals surface area contributed by atoms with Crippen LogP contribution in [0.2, 0.25) is 0 Å². The van der Waals surface area contributed by atoms with Crippen molar-refractivity contribution in [1.29, 1.82) is 0 Å². The molecule has 1 unspecified atom stereocenters. The number of fused-ring (bicyclic) bond motifs is 2. The third kappa shape index (κ3) is 1.90. The number of carbonyl (C=O) groups is 1. The van der Waals surface area contributed by atoms with Gasteiger partial charge in [0.25, 0.3) is 0 Å². The van der Waals surface area contributed by atoms with Crippen LogP contribution in [-0.2, 0) is 4.79 Å². The molecule has 2 aromatic carbocycles. The molecule has 1 heterocycles. The molecule has 3 rings (SSSR count). The topological polar surface area (TPSA) is 43.4 Å². The van der Waals surface area contributed by atoms with Crippen LogP contribution in [0.4, 0.5) is 0 Å². The molecule has 0 amide bonds. The second-order valence-corrected chi connectivity index (χ2v) is 5.96. The zero-order chi connectivity index (χ0) is 14.1. The van der Waals surface area contributed by atoms with Gasteiger partial charge in [-0.2, -0.15) is 0 Å². The molecule has 100 valence electrons. The van der Waals surface area contributed by atoms with Crippen LogP contribution in [0.3, 0.4) is 0 Å². The minimum atomic E-state index is -0.842. The van der Waals surface area contributed by atoms with E-state index in [-0.39, 0.29) is 5.78 Å². The second kappa shape index (κ2) is 5.08. The molecule has 1 atom stereocenters.